The Hall–Kier alpha value is -5.17. The molecule has 3 atom stereocenters. The molecule has 65 heavy (non-hydrogen) atoms. The summed E-state index contributed by atoms with van der Waals surface area (Å²) in [6, 6.07) is 8.23. The van der Waals surface area contributed by atoms with Crippen LogP contribution in [0, 0.1) is 11.3 Å². The van der Waals surface area contributed by atoms with Crippen LogP contribution in [0.4, 0.5) is 9.59 Å². The minimum Gasteiger partial charge on any atom is -0.470 e. The summed E-state index contributed by atoms with van der Waals surface area (Å²) >= 11 is 1.42. The molecule has 0 unspecified atom stereocenters. The lowest BCUT2D eigenvalue weighted by atomic mass is 9.84. The van der Waals surface area contributed by atoms with Gasteiger partial charge in [0.05, 0.1) is 34.8 Å². The number of carbonyl (C=O) groups excluding carboxylic acids is 5. The van der Waals surface area contributed by atoms with Gasteiger partial charge in [0.15, 0.2) is 10.2 Å². The number of nitrogens with zero attached hydrogens (tertiary/aromatic N) is 7. The van der Waals surface area contributed by atoms with Gasteiger partial charge < -0.3 is 34.1 Å². The number of nitrogens with one attached hydrogen (secondary N) is 2. The second-order valence-corrected chi connectivity index (χ2v) is 19.5. The predicted octanol–water partition coefficient (Wildman–Crippen LogP) is 5.82. The number of hydrazine groups is 1. The second kappa shape index (κ2) is 21.4. The molecule has 16 nitrogen and oxygen atoms in total. The first-order chi connectivity index (χ1) is 30.9. The van der Waals surface area contributed by atoms with Crippen molar-refractivity contribution in [2.24, 2.45) is 11.3 Å². The average molecular weight is 927 g/mol. The standard InChI is InChI=1S/C47H64N9O7SSi/c1-10-55-38-16-15-32(24-34(38)35(26-47(6,7)28-63-46(61)65)42(55)33-14-13-17-48-40(33)30(4)62-9)37-27-64-39(50-37)25-36(44(59)56-19-12-11-18-49-56)51-43(58)41(29(2)3)52(8)45(60)54-22-20-53(21-23-54)31(5)57/h13-17,24,27,29-30,36,41,49H,10-12,18-23,25-26,28H2,1-9H3,(H,51,58)/t30-,36-,41-/m0/s1. The van der Waals surface area contributed by atoms with Gasteiger partial charge in [-0.3, -0.25) is 29.2 Å². The number of fused-ring (bicyclic) bond motifs is 1. The molecule has 0 spiro atoms. The number of amides is 5. The van der Waals surface area contributed by atoms with Crippen molar-refractivity contribution in [2.45, 2.75) is 98.9 Å². The Morgan fingerprint density at radius 2 is 1.75 bits per heavy atom. The van der Waals surface area contributed by atoms with Gasteiger partial charge in [0.2, 0.25) is 11.8 Å². The van der Waals surface area contributed by atoms with E-state index in [4.69, 9.17) is 19.4 Å². The van der Waals surface area contributed by atoms with Crippen LogP contribution in [0.15, 0.2) is 41.9 Å². The fourth-order valence-electron chi connectivity index (χ4n) is 8.96. The molecule has 349 valence electrons. The van der Waals surface area contributed by atoms with Crippen molar-refractivity contribution in [3.63, 3.8) is 0 Å². The normalized spacial score (nSPS) is 16.1. The number of thiazole rings is 1. The molecule has 3 radical (unpaired) electrons. The molecule has 4 aromatic rings. The van der Waals surface area contributed by atoms with Gasteiger partial charge in [-0.2, -0.15) is 0 Å². The van der Waals surface area contributed by atoms with E-state index in [1.54, 1.807) is 35.2 Å². The summed E-state index contributed by atoms with van der Waals surface area (Å²) in [5.74, 6) is -0.993. The molecule has 5 heterocycles. The molecular weight excluding hydrogens is 863 g/mol. The first kappa shape index (κ1) is 49.3. The second-order valence-electron chi connectivity index (χ2n) is 18.1. The zero-order chi connectivity index (χ0) is 47.2. The Balaban J connectivity index is 1.33. The van der Waals surface area contributed by atoms with Gasteiger partial charge in [-0.25, -0.2) is 15.2 Å². The quantitative estimate of drug-likeness (QED) is 0.131. The van der Waals surface area contributed by atoms with Crippen LogP contribution in [-0.2, 0) is 43.2 Å². The number of piperazine rings is 1. The summed E-state index contributed by atoms with van der Waals surface area (Å²) in [6.45, 7) is 17.2. The predicted molar refractivity (Wildman–Crippen MR) is 252 cm³/mol. The zero-order valence-corrected chi connectivity index (χ0v) is 41.0. The SMILES string of the molecule is CCn1c(-c2cccnc2[C@H](C)OC)c(CC(C)(C)COC(=O)[Si])c2cc(-c3csc(C[C@H](NC(=O)[C@H](C(C)C)N(C)C(=O)N4CCN(C(C)=O)CC4)C(=O)N4CCCCN4)n3)ccc21. The number of hydrogen-bond acceptors (Lipinski definition) is 11. The van der Waals surface area contributed by atoms with E-state index < -0.39 is 29.0 Å². The fraction of sp³-hybridized carbons (Fsp3) is 0.553. The molecule has 2 aliphatic heterocycles. The molecule has 2 saturated heterocycles. The van der Waals surface area contributed by atoms with Gasteiger partial charge in [-0.1, -0.05) is 33.8 Å². The number of rotatable bonds is 16. The fourth-order valence-corrected chi connectivity index (χ4v) is 9.88. The molecule has 6 rings (SSSR count). The number of hydrogen-bond donors (Lipinski definition) is 2. The summed E-state index contributed by atoms with van der Waals surface area (Å²) in [6.07, 6.45) is 4.01. The number of methoxy groups -OCH3 is 1. The number of aryl methyl sites for hydroxylation is 1. The third kappa shape index (κ3) is 11.4. The van der Waals surface area contributed by atoms with Crippen LogP contribution in [0.5, 0.6) is 0 Å². The number of likely N-dealkylation sites (N-methyl/N-ethyl adjacent to an activating group) is 1. The number of aromatic nitrogens is 3. The highest BCUT2D eigenvalue weighted by Gasteiger charge is 2.37. The van der Waals surface area contributed by atoms with Crippen molar-refractivity contribution < 1.29 is 33.4 Å². The Morgan fingerprint density at radius 1 is 1.03 bits per heavy atom. The Kier molecular flexibility index (Phi) is 16.2. The van der Waals surface area contributed by atoms with Crippen molar-refractivity contribution in [3.05, 3.63) is 58.2 Å². The van der Waals surface area contributed by atoms with E-state index in [0.717, 1.165) is 57.5 Å². The topological polar surface area (TPSA) is 172 Å². The van der Waals surface area contributed by atoms with Crippen LogP contribution < -0.4 is 10.7 Å². The van der Waals surface area contributed by atoms with Gasteiger partial charge >= 0.3 is 6.03 Å². The highest BCUT2D eigenvalue weighted by molar-refractivity contribution is 7.10. The molecule has 2 N–H and O–H groups in total. The first-order valence-corrected chi connectivity index (χ1v) is 23.9. The van der Waals surface area contributed by atoms with Crippen LogP contribution in [-0.4, -0.2) is 146 Å². The number of pyridine rings is 1. The maximum absolute atomic E-state index is 14.3. The molecule has 2 aliphatic rings. The van der Waals surface area contributed by atoms with Crippen molar-refractivity contribution in [3.8, 4) is 22.5 Å². The van der Waals surface area contributed by atoms with E-state index >= 15 is 0 Å². The summed E-state index contributed by atoms with van der Waals surface area (Å²) in [4.78, 5) is 80.8. The Morgan fingerprint density at radius 3 is 2.38 bits per heavy atom. The lowest BCUT2D eigenvalue weighted by molar-refractivity contribution is -0.141. The molecule has 3 aromatic heterocycles. The minimum atomic E-state index is -0.954. The minimum absolute atomic E-state index is 0.0347. The van der Waals surface area contributed by atoms with Crippen molar-refractivity contribution in [2.75, 3.05) is 60.0 Å². The third-order valence-corrected chi connectivity index (χ3v) is 13.4. The Bertz CT molecular complexity index is 2350. The van der Waals surface area contributed by atoms with E-state index in [0.29, 0.717) is 57.2 Å². The average Bonchev–Trinajstić information content (AvgIpc) is 3.89. The number of ether oxygens (including phenoxy) is 2. The Labute approximate surface area is 389 Å². The highest BCUT2D eigenvalue weighted by atomic mass is 32.1. The van der Waals surface area contributed by atoms with Crippen molar-refractivity contribution >= 4 is 61.8 Å². The summed E-state index contributed by atoms with van der Waals surface area (Å²) in [7, 11) is 6.27. The van der Waals surface area contributed by atoms with Crippen LogP contribution in [0.3, 0.4) is 0 Å². The van der Waals surface area contributed by atoms with Gasteiger partial charge in [0.25, 0.3) is 11.5 Å². The number of benzene rings is 1. The monoisotopic (exact) mass is 926 g/mol. The van der Waals surface area contributed by atoms with E-state index in [9.17, 15) is 24.0 Å². The number of carbonyl (C=O) groups is 5. The van der Waals surface area contributed by atoms with Crippen LogP contribution in [0.2, 0.25) is 0 Å². The summed E-state index contributed by atoms with van der Waals surface area (Å²) in [5, 5.41) is 8.31. The first-order valence-electron chi connectivity index (χ1n) is 22.5. The van der Waals surface area contributed by atoms with Crippen LogP contribution in [0.25, 0.3) is 33.4 Å². The third-order valence-electron chi connectivity index (χ3n) is 12.4. The van der Waals surface area contributed by atoms with Gasteiger partial charge in [0, 0.05) is 112 Å². The molecule has 5 amide bonds. The lowest BCUT2D eigenvalue weighted by Crippen LogP contribution is -2.61. The van der Waals surface area contributed by atoms with E-state index in [2.05, 4.69) is 70.6 Å². The van der Waals surface area contributed by atoms with Gasteiger partial charge in [0.1, 0.15) is 12.1 Å². The highest BCUT2D eigenvalue weighted by Crippen LogP contribution is 2.42. The molecule has 2 fully saturated rings. The number of urea groups is 1. The zero-order valence-electron chi connectivity index (χ0n) is 39.2. The molecule has 1 aromatic carbocycles. The van der Waals surface area contributed by atoms with Gasteiger partial charge in [-0.15, -0.1) is 11.3 Å². The molecule has 18 heteroatoms. The largest absolute Gasteiger partial charge is 0.470 e. The lowest BCUT2D eigenvalue weighted by Gasteiger charge is -2.39. The molecular formula is C47H64N9O7SSi. The van der Waals surface area contributed by atoms with Crippen molar-refractivity contribution in [1.29, 1.82) is 0 Å². The van der Waals surface area contributed by atoms with E-state index in [1.165, 1.54) is 23.2 Å². The maximum atomic E-state index is 14.3. The van der Waals surface area contributed by atoms with Crippen LogP contribution in [0.1, 0.15) is 83.7 Å². The van der Waals surface area contributed by atoms with Gasteiger partial charge in [-0.05, 0) is 68.9 Å². The smallest absolute Gasteiger partial charge is 0.320 e. The van der Waals surface area contributed by atoms with Crippen LogP contribution >= 0.6 is 11.3 Å². The van der Waals surface area contributed by atoms with Crippen molar-refractivity contribution in [1.82, 2.24) is 45.0 Å². The maximum Gasteiger partial charge on any atom is 0.320 e. The molecule has 0 aliphatic carbocycles. The van der Waals surface area contributed by atoms with E-state index in [-0.39, 0.29) is 42.9 Å². The molecule has 0 saturated carbocycles. The summed E-state index contributed by atoms with van der Waals surface area (Å²) in [5.41, 5.74) is 8.77. The molecule has 0 bridgehead atoms. The summed E-state index contributed by atoms with van der Waals surface area (Å²) < 4.78 is 13.6. The van der Waals surface area contributed by atoms with E-state index in [1.807, 2.05) is 32.2 Å².